The number of nitrogens with one attached hydrogen (secondary N) is 2. The number of hydrogen-bond donors (Lipinski definition) is 2. The summed E-state index contributed by atoms with van der Waals surface area (Å²) in [4.78, 5) is 15.2. The van der Waals surface area contributed by atoms with Crippen LogP contribution in [0.4, 0.5) is 0 Å². The number of nitrogens with zero attached hydrogens (tertiary/aromatic N) is 2. The van der Waals surface area contributed by atoms with Gasteiger partial charge in [0.2, 0.25) is 0 Å². The average molecular weight is 318 g/mol. The van der Waals surface area contributed by atoms with Crippen LogP contribution in [-0.2, 0) is 5.54 Å². The zero-order valence-electron chi connectivity index (χ0n) is 13.6. The minimum absolute atomic E-state index is 0.0884. The fourth-order valence-corrected chi connectivity index (χ4v) is 2.42. The topological polar surface area (TPSA) is 62.7 Å². The molecule has 2 aromatic rings. The maximum Gasteiger partial charge on any atom is 0.254 e. The van der Waals surface area contributed by atoms with Crippen LogP contribution in [0.5, 0.6) is 0 Å². The van der Waals surface area contributed by atoms with E-state index in [9.17, 15) is 4.79 Å². The van der Waals surface area contributed by atoms with E-state index in [0.717, 1.165) is 11.3 Å². The molecule has 0 aliphatic carbocycles. The number of hydrogen-bond acceptors (Lipinski definition) is 3. The molecule has 0 bridgehead atoms. The van der Waals surface area contributed by atoms with Crippen molar-refractivity contribution < 1.29 is 4.79 Å². The fraction of sp³-hybridized carbons (Fsp3) is 0.438. The van der Waals surface area contributed by atoms with Crippen LogP contribution in [0.1, 0.15) is 55.4 Å². The number of carbonyl (C=O) groups is 1. The molecule has 0 spiro atoms. The smallest absolute Gasteiger partial charge is 0.254 e. The Labute approximate surface area is 135 Å². The summed E-state index contributed by atoms with van der Waals surface area (Å²) in [6.07, 6.45) is 3.70. The Kier molecular flexibility index (Phi) is 4.51. The summed E-state index contributed by atoms with van der Waals surface area (Å²) in [6.45, 7) is 10.2. The van der Waals surface area contributed by atoms with Gasteiger partial charge in [0, 0.05) is 18.0 Å². The minimum atomic E-state index is -0.183. The summed E-state index contributed by atoms with van der Waals surface area (Å²) in [5.74, 6) is -0.183. The second-order valence-electron chi connectivity index (χ2n) is 6.39. The van der Waals surface area contributed by atoms with Gasteiger partial charge < -0.3 is 10.3 Å². The van der Waals surface area contributed by atoms with Crippen LogP contribution in [0.2, 0.25) is 0 Å². The van der Waals surface area contributed by atoms with E-state index in [4.69, 9.17) is 12.2 Å². The van der Waals surface area contributed by atoms with Crippen LogP contribution in [0.15, 0.2) is 24.5 Å². The van der Waals surface area contributed by atoms with Gasteiger partial charge in [-0.2, -0.15) is 5.10 Å². The molecule has 6 heteroatoms. The van der Waals surface area contributed by atoms with Crippen molar-refractivity contribution >= 4 is 18.1 Å². The van der Waals surface area contributed by atoms with E-state index in [1.54, 1.807) is 18.3 Å². The number of aryl methyl sites for hydroxylation is 1. The molecule has 2 heterocycles. The van der Waals surface area contributed by atoms with Crippen molar-refractivity contribution in [2.24, 2.45) is 0 Å². The molecular formula is C16H22N4OS. The summed E-state index contributed by atoms with van der Waals surface area (Å²) in [7, 11) is 0. The lowest BCUT2D eigenvalue weighted by Crippen LogP contribution is -2.27. The molecule has 2 aromatic heterocycles. The summed E-state index contributed by atoms with van der Waals surface area (Å²) in [5.41, 5.74) is 2.31. The van der Waals surface area contributed by atoms with Gasteiger partial charge in [-0.3, -0.25) is 9.48 Å². The molecule has 118 valence electrons. The van der Waals surface area contributed by atoms with E-state index in [2.05, 4.69) is 36.2 Å². The number of carbonyl (C=O) groups excluding carboxylic acids is 1. The Morgan fingerprint density at radius 3 is 2.68 bits per heavy atom. The maximum atomic E-state index is 12.3. The zero-order valence-corrected chi connectivity index (χ0v) is 14.4. The van der Waals surface area contributed by atoms with E-state index >= 15 is 0 Å². The highest BCUT2D eigenvalue weighted by Gasteiger charge is 2.20. The normalized spacial score (nSPS) is 13.0. The lowest BCUT2D eigenvalue weighted by Gasteiger charge is -2.19. The molecule has 0 aliphatic heterocycles. The minimum Gasteiger partial charge on any atom is -0.352 e. The van der Waals surface area contributed by atoms with Gasteiger partial charge in [-0.1, -0.05) is 12.2 Å². The van der Waals surface area contributed by atoms with Crippen molar-refractivity contribution in [1.29, 1.82) is 0 Å². The van der Waals surface area contributed by atoms with Crippen molar-refractivity contribution in [3.63, 3.8) is 0 Å². The standard InChI is InChI=1S/C16H22N4OS/c1-10(13-9-20(16(3,4)5)19-11(13)2)18-14(21)12-7-6-8-17-15(12)22/h6-10H,1-5H3,(H,17,22)(H,18,21). The molecule has 2 N–H and O–H groups in total. The Morgan fingerprint density at radius 1 is 1.45 bits per heavy atom. The number of H-pyrrole nitrogens is 1. The highest BCUT2D eigenvalue weighted by Crippen LogP contribution is 2.21. The number of pyridine rings is 1. The fourth-order valence-electron chi connectivity index (χ4n) is 2.19. The lowest BCUT2D eigenvalue weighted by atomic mass is 10.1. The van der Waals surface area contributed by atoms with Crippen LogP contribution in [0, 0.1) is 11.6 Å². The van der Waals surface area contributed by atoms with Crippen LogP contribution in [0.3, 0.4) is 0 Å². The first kappa shape index (κ1) is 16.4. The molecule has 0 aromatic carbocycles. The first-order valence-corrected chi connectivity index (χ1v) is 7.66. The first-order chi connectivity index (χ1) is 10.2. The Hall–Kier alpha value is -1.95. The average Bonchev–Trinajstić information content (AvgIpc) is 2.81. The summed E-state index contributed by atoms with van der Waals surface area (Å²) in [6, 6.07) is 3.34. The van der Waals surface area contributed by atoms with Gasteiger partial charge in [0.15, 0.2) is 0 Å². The third kappa shape index (κ3) is 3.44. The maximum absolute atomic E-state index is 12.3. The predicted octanol–water partition coefficient (Wildman–Crippen LogP) is 3.50. The summed E-state index contributed by atoms with van der Waals surface area (Å²) in [5, 5.41) is 7.52. The third-order valence-electron chi connectivity index (χ3n) is 3.50. The molecule has 5 nitrogen and oxygen atoms in total. The van der Waals surface area contributed by atoms with Crippen molar-refractivity contribution in [3.05, 3.63) is 46.0 Å². The molecule has 22 heavy (non-hydrogen) atoms. The monoisotopic (exact) mass is 318 g/mol. The number of aromatic nitrogens is 3. The van der Waals surface area contributed by atoms with E-state index in [1.165, 1.54) is 0 Å². The van der Waals surface area contributed by atoms with Crippen LogP contribution < -0.4 is 5.32 Å². The summed E-state index contributed by atoms with van der Waals surface area (Å²) < 4.78 is 2.36. The second-order valence-corrected chi connectivity index (χ2v) is 6.80. The van der Waals surface area contributed by atoms with E-state index in [1.807, 2.05) is 24.7 Å². The Balaban J connectivity index is 2.21. The van der Waals surface area contributed by atoms with Gasteiger partial charge in [-0.15, -0.1) is 0 Å². The molecule has 0 radical (unpaired) electrons. The molecule has 0 saturated heterocycles. The first-order valence-electron chi connectivity index (χ1n) is 7.25. The Bertz CT molecular complexity index is 739. The van der Waals surface area contributed by atoms with Gasteiger partial charge in [0.05, 0.1) is 22.8 Å². The molecule has 1 unspecified atom stereocenters. The Morgan fingerprint density at radius 2 is 2.14 bits per heavy atom. The lowest BCUT2D eigenvalue weighted by molar-refractivity contribution is 0.0939. The van der Waals surface area contributed by atoms with Gasteiger partial charge in [-0.05, 0) is 46.8 Å². The second kappa shape index (κ2) is 6.04. The highest BCUT2D eigenvalue weighted by molar-refractivity contribution is 7.71. The number of aromatic amines is 1. The van der Waals surface area contributed by atoms with Crippen molar-refractivity contribution in [2.45, 2.75) is 46.2 Å². The van der Waals surface area contributed by atoms with Crippen LogP contribution in [0.25, 0.3) is 0 Å². The molecule has 2 rings (SSSR count). The number of rotatable bonds is 3. The van der Waals surface area contributed by atoms with Crippen molar-refractivity contribution in [3.8, 4) is 0 Å². The van der Waals surface area contributed by atoms with Gasteiger partial charge in [0.25, 0.3) is 5.91 Å². The molecule has 1 atom stereocenters. The van der Waals surface area contributed by atoms with Gasteiger partial charge in [0.1, 0.15) is 4.64 Å². The molecule has 1 amide bonds. The van der Waals surface area contributed by atoms with Crippen molar-refractivity contribution in [2.75, 3.05) is 0 Å². The molecule has 0 fully saturated rings. The molecular weight excluding hydrogens is 296 g/mol. The molecule has 0 aliphatic rings. The van der Waals surface area contributed by atoms with Crippen molar-refractivity contribution in [1.82, 2.24) is 20.1 Å². The van der Waals surface area contributed by atoms with Gasteiger partial charge in [-0.25, -0.2) is 0 Å². The van der Waals surface area contributed by atoms with E-state index in [-0.39, 0.29) is 17.5 Å². The molecule has 0 saturated carbocycles. The largest absolute Gasteiger partial charge is 0.352 e. The summed E-state index contributed by atoms with van der Waals surface area (Å²) >= 11 is 5.14. The zero-order chi connectivity index (χ0) is 16.5. The van der Waals surface area contributed by atoms with Gasteiger partial charge >= 0.3 is 0 Å². The van der Waals surface area contributed by atoms with Crippen LogP contribution in [-0.4, -0.2) is 20.7 Å². The highest BCUT2D eigenvalue weighted by atomic mass is 32.1. The van der Waals surface area contributed by atoms with Crippen LogP contribution >= 0.6 is 12.2 Å². The number of amides is 1. The SMILES string of the molecule is Cc1nn(C(C)(C)C)cc1C(C)NC(=O)c1ccc[nH]c1=S. The quantitative estimate of drug-likeness (QED) is 0.852. The van der Waals surface area contributed by atoms with E-state index < -0.39 is 0 Å². The predicted molar refractivity (Wildman–Crippen MR) is 89.5 cm³/mol. The van der Waals surface area contributed by atoms with E-state index in [0.29, 0.717) is 10.2 Å². The third-order valence-corrected chi connectivity index (χ3v) is 3.84.